The van der Waals surface area contributed by atoms with Gasteiger partial charge in [0.2, 0.25) is 5.91 Å². The number of carbonyl (C=O) groups is 1. The first-order chi connectivity index (χ1) is 7.15. The van der Waals surface area contributed by atoms with Crippen molar-refractivity contribution in [1.82, 2.24) is 10.3 Å². The van der Waals surface area contributed by atoms with E-state index in [1.807, 2.05) is 6.92 Å². The van der Waals surface area contributed by atoms with E-state index >= 15 is 0 Å². The quantitative estimate of drug-likeness (QED) is 0.677. The lowest BCUT2D eigenvalue weighted by Gasteiger charge is -2.14. The molecule has 0 radical (unpaired) electrons. The number of aromatic nitrogens is 1. The average molecular weight is 208 g/mol. The van der Waals surface area contributed by atoms with Crippen LogP contribution >= 0.6 is 0 Å². The Morgan fingerprint density at radius 3 is 3.00 bits per heavy atom. The second kappa shape index (κ2) is 5.19. The van der Waals surface area contributed by atoms with E-state index in [2.05, 4.69) is 15.6 Å². The number of rotatable bonds is 4. The van der Waals surface area contributed by atoms with E-state index in [1.54, 1.807) is 25.3 Å². The van der Waals surface area contributed by atoms with Crippen molar-refractivity contribution in [1.29, 1.82) is 0 Å². The number of carbonyl (C=O) groups excluding carboxylic acids is 1. The second-order valence-corrected chi connectivity index (χ2v) is 3.20. The predicted octanol–water partition coefficient (Wildman–Crippen LogP) is 0.600. The Labute approximate surface area is 89.1 Å². The normalized spacial score (nSPS) is 11.9. The Morgan fingerprint density at radius 1 is 1.67 bits per heavy atom. The van der Waals surface area contributed by atoms with Crippen molar-refractivity contribution in [3.8, 4) is 0 Å². The molecule has 0 saturated carbocycles. The summed E-state index contributed by atoms with van der Waals surface area (Å²) in [6.45, 7) is 4.25. The number of nitrogens with two attached hydrogens (primary N) is 1. The zero-order chi connectivity index (χ0) is 11.3. The van der Waals surface area contributed by atoms with Crippen LogP contribution in [0.4, 0.5) is 11.5 Å². The lowest BCUT2D eigenvalue weighted by molar-refractivity contribution is -0.121. The number of likely N-dealkylation sites (N-methyl/N-ethyl adjacent to an activating group) is 1. The maximum Gasteiger partial charge on any atom is 0.242 e. The van der Waals surface area contributed by atoms with Crippen LogP contribution in [0, 0.1) is 0 Å². The number of nitrogens with one attached hydrogen (secondary N) is 2. The highest BCUT2D eigenvalue weighted by molar-refractivity contribution is 5.84. The molecule has 5 nitrogen and oxygen atoms in total. The van der Waals surface area contributed by atoms with Crippen LogP contribution in [0.2, 0.25) is 0 Å². The molecule has 0 bridgehead atoms. The summed E-state index contributed by atoms with van der Waals surface area (Å²) in [5, 5.41) is 5.66. The molecule has 0 aliphatic carbocycles. The van der Waals surface area contributed by atoms with Gasteiger partial charge in [0.05, 0.1) is 5.69 Å². The molecule has 0 aromatic carbocycles. The largest absolute Gasteiger partial charge is 0.396 e. The molecular weight excluding hydrogens is 192 g/mol. The third-order valence-electron chi connectivity index (χ3n) is 1.94. The SMILES string of the molecule is CCNC(=O)C(C)Nc1ncccc1N. The molecule has 0 aliphatic rings. The number of nitrogens with zero attached hydrogens (tertiary/aromatic N) is 1. The molecule has 82 valence electrons. The smallest absolute Gasteiger partial charge is 0.242 e. The number of hydrogen-bond donors (Lipinski definition) is 3. The van der Waals surface area contributed by atoms with Crippen LogP contribution in [0.1, 0.15) is 13.8 Å². The van der Waals surface area contributed by atoms with Crippen LogP contribution in [0.25, 0.3) is 0 Å². The average Bonchev–Trinajstić information content (AvgIpc) is 2.21. The summed E-state index contributed by atoms with van der Waals surface area (Å²) in [4.78, 5) is 15.5. The molecule has 0 aliphatic heterocycles. The van der Waals surface area contributed by atoms with Crippen LogP contribution in [-0.4, -0.2) is 23.5 Å². The van der Waals surface area contributed by atoms with Gasteiger partial charge in [-0.2, -0.15) is 0 Å². The highest BCUT2D eigenvalue weighted by atomic mass is 16.2. The van der Waals surface area contributed by atoms with Crippen molar-refractivity contribution in [2.45, 2.75) is 19.9 Å². The minimum absolute atomic E-state index is 0.0671. The highest BCUT2D eigenvalue weighted by Crippen LogP contribution is 2.13. The van der Waals surface area contributed by atoms with Gasteiger partial charge in [0.1, 0.15) is 11.9 Å². The van der Waals surface area contributed by atoms with Crippen LogP contribution in [0.3, 0.4) is 0 Å². The standard InChI is InChI=1S/C10H16N4O/c1-3-12-10(15)7(2)14-9-8(11)5-4-6-13-9/h4-7H,3,11H2,1-2H3,(H,12,15)(H,13,14). The zero-order valence-electron chi connectivity index (χ0n) is 8.95. The molecule has 1 rings (SSSR count). The van der Waals surface area contributed by atoms with Gasteiger partial charge in [0, 0.05) is 12.7 Å². The molecule has 4 N–H and O–H groups in total. The van der Waals surface area contributed by atoms with Crippen molar-refractivity contribution in [2.75, 3.05) is 17.6 Å². The number of nitrogen functional groups attached to an aromatic ring is 1. The van der Waals surface area contributed by atoms with E-state index in [4.69, 9.17) is 5.73 Å². The molecule has 0 fully saturated rings. The van der Waals surface area contributed by atoms with Crippen molar-refractivity contribution in [2.24, 2.45) is 0 Å². The molecule has 5 heteroatoms. The van der Waals surface area contributed by atoms with Gasteiger partial charge >= 0.3 is 0 Å². The summed E-state index contributed by atoms with van der Waals surface area (Å²) in [5.41, 5.74) is 6.22. The molecule has 1 amide bonds. The predicted molar refractivity (Wildman–Crippen MR) is 60.4 cm³/mol. The lowest BCUT2D eigenvalue weighted by Crippen LogP contribution is -2.37. The third-order valence-corrected chi connectivity index (χ3v) is 1.94. The molecule has 1 aromatic heterocycles. The topological polar surface area (TPSA) is 80.0 Å². The number of pyridine rings is 1. The van der Waals surface area contributed by atoms with Gasteiger partial charge in [-0.05, 0) is 26.0 Å². The summed E-state index contributed by atoms with van der Waals surface area (Å²) < 4.78 is 0. The van der Waals surface area contributed by atoms with Gasteiger partial charge in [-0.25, -0.2) is 4.98 Å². The summed E-state index contributed by atoms with van der Waals surface area (Å²) in [6, 6.07) is 3.14. The number of anilines is 2. The summed E-state index contributed by atoms with van der Waals surface area (Å²) >= 11 is 0. The van der Waals surface area contributed by atoms with Crippen molar-refractivity contribution >= 4 is 17.4 Å². The minimum Gasteiger partial charge on any atom is -0.396 e. The molecule has 1 unspecified atom stereocenters. The second-order valence-electron chi connectivity index (χ2n) is 3.20. The molecule has 1 aromatic rings. The van der Waals surface area contributed by atoms with E-state index < -0.39 is 0 Å². The zero-order valence-corrected chi connectivity index (χ0v) is 8.95. The summed E-state index contributed by atoms with van der Waals surface area (Å²) in [6.07, 6.45) is 1.63. The van der Waals surface area contributed by atoms with E-state index in [9.17, 15) is 4.79 Å². The van der Waals surface area contributed by atoms with E-state index in [1.165, 1.54) is 0 Å². The molecule has 0 spiro atoms. The molecule has 0 saturated heterocycles. The molecule has 15 heavy (non-hydrogen) atoms. The first-order valence-electron chi connectivity index (χ1n) is 4.90. The Kier molecular flexibility index (Phi) is 3.91. The van der Waals surface area contributed by atoms with E-state index in [0.29, 0.717) is 18.1 Å². The van der Waals surface area contributed by atoms with E-state index in [-0.39, 0.29) is 11.9 Å². The van der Waals surface area contributed by atoms with Crippen LogP contribution in [0.5, 0.6) is 0 Å². The maximum atomic E-state index is 11.4. The maximum absolute atomic E-state index is 11.4. The Morgan fingerprint density at radius 2 is 2.40 bits per heavy atom. The third kappa shape index (κ3) is 3.12. The molecular formula is C10H16N4O. The Bertz CT molecular complexity index is 340. The Hall–Kier alpha value is -1.78. The van der Waals surface area contributed by atoms with Crippen molar-refractivity contribution in [3.05, 3.63) is 18.3 Å². The first kappa shape index (κ1) is 11.3. The summed E-state index contributed by atoms with van der Waals surface area (Å²) in [5.74, 6) is 0.471. The fraction of sp³-hybridized carbons (Fsp3) is 0.400. The molecule has 1 atom stereocenters. The highest BCUT2D eigenvalue weighted by Gasteiger charge is 2.12. The summed E-state index contributed by atoms with van der Waals surface area (Å²) in [7, 11) is 0. The van der Waals surface area contributed by atoms with Gasteiger partial charge in [-0.15, -0.1) is 0 Å². The van der Waals surface area contributed by atoms with Gasteiger partial charge in [-0.3, -0.25) is 4.79 Å². The fourth-order valence-electron chi connectivity index (χ4n) is 1.14. The number of amides is 1. The lowest BCUT2D eigenvalue weighted by atomic mass is 10.3. The van der Waals surface area contributed by atoms with Crippen LogP contribution in [0.15, 0.2) is 18.3 Å². The monoisotopic (exact) mass is 208 g/mol. The van der Waals surface area contributed by atoms with Gasteiger partial charge in [0.25, 0.3) is 0 Å². The van der Waals surface area contributed by atoms with Gasteiger partial charge in [-0.1, -0.05) is 0 Å². The fourth-order valence-corrected chi connectivity index (χ4v) is 1.14. The van der Waals surface area contributed by atoms with Gasteiger partial charge in [0.15, 0.2) is 0 Å². The Balaban J connectivity index is 2.62. The van der Waals surface area contributed by atoms with Gasteiger partial charge < -0.3 is 16.4 Å². The van der Waals surface area contributed by atoms with Crippen molar-refractivity contribution < 1.29 is 4.79 Å². The van der Waals surface area contributed by atoms with Crippen molar-refractivity contribution in [3.63, 3.8) is 0 Å². The molecule has 1 heterocycles. The van der Waals surface area contributed by atoms with E-state index in [0.717, 1.165) is 0 Å². The van der Waals surface area contributed by atoms with Crippen LogP contribution in [-0.2, 0) is 4.79 Å². The van der Waals surface area contributed by atoms with Crippen LogP contribution < -0.4 is 16.4 Å². The first-order valence-corrected chi connectivity index (χ1v) is 4.90. The number of hydrogen-bond acceptors (Lipinski definition) is 4. The minimum atomic E-state index is -0.345.